The zero-order valence-electron chi connectivity index (χ0n) is 9.09. The summed E-state index contributed by atoms with van der Waals surface area (Å²) >= 11 is 3.63. The second-order valence-electron chi connectivity index (χ2n) is 4.36. The van der Waals surface area contributed by atoms with Crippen LogP contribution in [0.4, 0.5) is 0 Å². The topological polar surface area (TPSA) is 0 Å². The fraction of sp³-hybridized carbons (Fsp3) is 0.538. The first-order valence-corrected chi connectivity index (χ1v) is 6.42. The molecule has 78 valence electrons. The van der Waals surface area contributed by atoms with Crippen molar-refractivity contribution in [3.05, 3.63) is 35.9 Å². The SMILES string of the molecule is CCCC(C)(CBr)Cc1ccccc1. The molecule has 0 fully saturated rings. The molecule has 0 radical (unpaired) electrons. The van der Waals surface area contributed by atoms with E-state index in [4.69, 9.17) is 0 Å². The van der Waals surface area contributed by atoms with E-state index in [1.165, 1.54) is 24.8 Å². The summed E-state index contributed by atoms with van der Waals surface area (Å²) in [6.07, 6.45) is 3.72. The fourth-order valence-corrected chi connectivity index (χ4v) is 2.37. The Kier molecular flexibility index (Phi) is 4.67. The third-order valence-electron chi connectivity index (χ3n) is 2.65. The number of rotatable bonds is 5. The number of benzene rings is 1. The van der Waals surface area contributed by atoms with Crippen molar-refractivity contribution in [2.45, 2.75) is 33.1 Å². The molecule has 0 aliphatic carbocycles. The molecule has 0 spiro atoms. The number of halogens is 1. The van der Waals surface area contributed by atoms with Gasteiger partial charge in [-0.1, -0.05) is 66.5 Å². The summed E-state index contributed by atoms with van der Waals surface area (Å²) in [5, 5.41) is 1.09. The average molecular weight is 255 g/mol. The molecule has 0 aromatic heterocycles. The highest BCUT2D eigenvalue weighted by molar-refractivity contribution is 9.09. The fourth-order valence-electron chi connectivity index (χ4n) is 1.89. The molecule has 1 rings (SSSR count). The Morgan fingerprint density at radius 1 is 1.21 bits per heavy atom. The lowest BCUT2D eigenvalue weighted by atomic mass is 9.82. The van der Waals surface area contributed by atoms with Crippen LogP contribution < -0.4 is 0 Å². The van der Waals surface area contributed by atoms with Crippen molar-refractivity contribution >= 4 is 15.9 Å². The van der Waals surface area contributed by atoms with E-state index in [2.05, 4.69) is 60.1 Å². The third kappa shape index (κ3) is 3.45. The van der Waals surface area contributed by atoms with Crippen LogP contribution in [0.3, 0.4) is 0 Å². The van der Waals surface area contributed by atoms with Crippen LogP contribution in [0.25, 0.3) is 0 Å². The van der Waals surface area contributed by atoms with Crippen LogP contribution in [0, 0.1) is 5.41 Å². The van der Waals surface area contributed by atoms with Gasteiger partial charge < -0.3 is 0 Å². The van der Waals surface area contributed by atoms with Crippen LogP contribution in [0.2, 0.25) is 0 Å². The van der Waals surface area contributed by atoms with E-state index in [9.17, 15) is 0 Å². The minimum absolute atomic E-state index is 0.413. The number of alkyl halides is 1. The summed E-state index contributed by atoms with van der Waals surface area (Å²) in [6, 6.07) is 10.8. The van der Waals surface area contributed by atoms with E-state index in [0.29, 0.717) is 5.41 Å². The molecule has 0 saturated heterocycles. The molecule has 0 aliphatic rings. The molecular formula is C13H19Br. The first kappa shape index (κ1) is 11.8. The summed E-state index contributed by atoms with van der Waals surface area (Å²) in [5.41, 5.74) is 1.86. The second kappa shape index (κ2) is 5.55. The van der Waals surface area contributed by atoms with Crippen LogP contribution in [0.15, 0.2) is 30.3 Å². The molecule has 1 atom stereocenters. The molecular weight excluding hydrogens is 236 g/mol. The molecule has 14 heavy (non-hydrogen) atoms. The Balaban J connectivity index is 2.65. The van der Waals surface area contributed by atoms with Crippen molar-refractivity contribution in [1.29, 1.82) is 0 Å². The minimum Gasteiger partial charge on any atom is -0.0922 e. The molecule has 0 bridgehead atoms. The van der Waals surface area contributed by atoms with Gasteiger partial charge in [0, 0.05) is 5.33 Å². The first-order valence-electron chi connectivity index (χ1n) is 5.30. The molecule has 0 saturated carbocycles. The lowest BCUT2D eigenvalue weighted by molar-refractivity contribution is 0.340. The molecule has 0 N–H and O–H groups in total. The molecule has 1 aromatic carbocycles. The lowest BCUT2D eigenvalue weighted by Gasteiger charge is -2.27. The van der Waals surface area contributed by atoms with Gasteiger partial charge in [0.2, 0.25) is 0 Å². The normalized spacial score (nSPS) is 15.1. The highest BCUT2D eigenvalue weighted by atomic mass is 79.9. The van der Waals surface area contributed by atoms with Crippen molar-refractivity contribution in [2.24, 2.45) is 5.41 Å². The largest absolute Gasteiger partial charge is 0.0922 e. The van der Waals surface area contributed by atoms with Gasteiger partial charge in [0.15, 0.2) is 0 Å². The van der Waals surface area contributed by atoms with Crippen molar-refractivity contribution in [3.8, 4) is 0 Å². The van der Waals surface area contributed by atoms with E-state index >= 15 is 0 Å². The second-order valence-corrected chi connectivity index (χ2v) is 4.92. The molecule has 0 nitrogen and oxygen atoms in total. The maximum atomic E-state index is 3.63. The monoisotopic (exact) mass is 254 g/mol. The van der Waals surface area contributed by atoms with Gasteiger partial charge in [0.05, 0.1) is 0 Å². The van der Waals surface area contributed by atoms with Crippen molar-refractivity contribution < 1.29 is 0 Å². The van der Waals surface area contributed by atoms with E-state index in [0.717, 1.165) is 5.33 Å². The van der Waals surface area contributed by atoms with E-state index in [1.807, 2.05) is 0 Å². The highest BCUT2D eigenvalue weighted by Gasteiger charge is 2.21. The Hall–Kier alpha value is -0.300. The zero-order valence-corrected chi connectivity index (χ0v) is 10.7. The Morgan fingerprint density at radius 3 is 2.36 bits per heavy atom. The molecule has 0 amide bonds. The smallest absolute Gasteiger partial charge is 0.00885 e. The highest BCUT2D eigenvalue weighted by Crippen LogP contribution is 2.30. The molecule has 1 aromatic rings. The van der Waals surface area contributed by atoms with Gasteiger partial charge in [-0.15, -0.1) is 0 Å². The van der Waals surface area contributed by atoms with Gasteiger partial charge >= 0.3 is 0 Å². The van der Waals surface area contributed by atoms with E-state index < -0.39 is 0 Å². The summed E-state index contributed by atoms with van der Waals surface area (Å²) in [4.78, 5) is 0. The predicted octanol–water partition coefficient (Wildman–Crippen LogP) is 4.43. The maximum absolute atomic E-state index is 3.63. The molecule has 1 heteroatoms. The standard InChI is InChI=1S/C13H19Br/c1-3-9-13(2,11-14)10-12-7-5-4-6-8-12/h4-8H,3,9-11H2,1-2H3. The first-order chi connectivity index (χ1) is 6.70. The van der Waals surface area contributed by atoms with Gasteiger partial charge in [-0.05, 0) is 23.8 Å². The van der Waals surface area contributed by atoms with Crippen molar-refractivity contribution in [1.82, 2.24) is 0 Å². The van der Waals surface area contributed by atoms with Gasteiger partial charge in [-0.3, -0.25) is 0 Å². The maximum Gasteiger partial charge on any atom is 0.00885 e. The Morgan fingerprint density at radius 2 is 1.86 bits per heavy atom. The quantitative estimate of drug-likeness (QED) is 0.683. The number of hydrogen-bond donors (Lipinski definition) is 0. The van der Waals surface area contributed by atoms with Crippen LogP contribution in [0.5, 0.6) is 0 Å². The van der Waals surface area contributed by atoms with Crippen molar-refractivity contribution in [3.63, 3.8) is 0 Å². The Labute approximate surface area is 95.9 Å². The van der Waals surface area contributed by atoms with E-state index in [-0.39, 0.29) is 0 Å². The van der Waals surface area contributed by atoms with Gasteiger partial charge in [-0.2, -0.15) is 0 Å². The summed E-state index contributed by atoms with van der Waals surface area (Å²) < 4.78 is 0. The summed E-state index contributed by atoms with van der Waals surface area (Å²) in [5.74, 6) is 0. The number of hydrogen-bond acceptors (Lipinski definition) is 0. The van der Waals surface area contributed by atoms with Crippen LogP contribution in [-0.2, 0) is 6.42 Å². The van der Waals surface area contributed by atoms with Gasteiger partial charge in [0.25, 0.3) is 0 Å². The van der Waals surface area contributed by atoms with Crippen LogP contribution >= 0.6 is 15.9 Å². The predicted molar refractivity (Wildman–Crippen MR) is 67.0 cm³/mol. The summed E-state index contributed by atoms with van der Waals surface area (Å²) in [6.45, 7) is 4.62. The van der Waals surface area contributed by atoms with Crippen molar-refractivity contribution in [2.75, 3.05) is 5.33 Å². The van der Waals surface area contributed by atoms with Gasteiger partial charge in [-0.25, -0.2) is 0 Å². The average Bonchev–Trinajstić information content (AvgIpc) is 2.20. The Bertz CT molecular complexity index is 255. The molecule has 0 heterocycles. The molecule has 1 unspecified atom stereocenters. The van der Waals surface area contributed by atoms with E-state index in [1.54, 1.807) is 0 Å². The molecule has 0 aliphatic heterocycles. The van der Waals surface area contributed by atoms with Gasteiger partial charge in [0.1, 0.15) is 0 Å². The third-order valence-corrected chi connectivity index (χ3v) is 4.00. The minimum atomic E-state index is 0.413. The van der Waals surface area contributed by atoms with Crippen LogP contribution in [0.1, 0.15) is 32.3 Å². The lowest BCUT2D eigenvalue weighted by Crippen LogP contribution is -2.21. The van der Waals surface area contributed by atoms with Crippen LogP contribution in [-0.4, -0.2) is 5.33 Å². The zero-order chi connectivity index (χ0) is 10.4. The summed E-state index contributed by atoms with van der Waals surface area (Å²) in [7, 11) is 0.